The van der Waals surface area contributed by atoms with Crippen LogP contribution >= 0.6 is 15.9 Å². The molecule has 0 aliphatic rings. The molecule has 16 heavy (non-hydrogen) atoms. The molecule has 1 aromatic rings. The minimum atomic E-state index is -0.270. The molecule has 0 heterocycles. The summed E-state index contributed by atoms with van der Waals surface area (Å²) in [6.07, 6.45) is 0.964. The molecule has 0 bridgehead atoms. The Kier molecular flexibility index (Phi) is 4.00. The van der Waals surface area contributed by atoms with Gasteiger partial charge in [0.25, 0.3) is 0 Å². The van der Waals surface area contributed by atoms with Crippen LogP contribution in [-0.4, -0.2) is 7.11 Å². The third-order valence-electron chi connectivity index (χ3n) is 3.24. The monoisotopic (exact) mass is 288 g/mol. The maximum atomic E-state index is 14.0. The van der Waals surface area contributed by atoms with Crippen LogP contribution in [0.3, 0.4) is 0 Å². The lowest BCUT2D eigenvalue weighted by Crippen LogP contribution is -2.18. The van der Waals surface area contributed by atoms with Crippen molar-refractivity contribution in [3.05, 3.63) is 27.5 Å². The molecule has 1 aromatic carbocycles. The first-order valence-corrected chi connectivity index (χ1v) is 6.17. The summed E-state index contributed by atoms with van der Waals surface area (Å²) in [6.45, 7) is 8.15. The predicted molar refractivity (Wildman–Crippen MR) is 68.7 cm³/mol. The number of hydrogen-bond acceptors (Lipinski definition) is 1. The Hall–Kier alpha value is -0.570. The molecule has 0 amide bonds. The topological polar surface area (TPSA) is 9.23 Å². The molecule has 0 spiro atoms. The van der Waals surface area contributed by atoms with E-state index in [9.17, 15) is 4.39 Å². The molecule has 3 heteroatoms. The van der Waals surface area contributed by atoms with Crippen LogP contribution in [0.25, 0.3) is 0 Å². The Morgan fingerprint density at radius 2 is 2.00 bits per heavy atom. The van der Waals surface area contributed by atoms with Gasteiger partial charge in [-0.1, -0.05) is 20.8 Å². The first-order chi connectivity index (χ1) is 7.35. The molecule has 0 unspecified atom stereocenters. The normalized spacial score (nSPS) is 11.7. The van der Waals surface area contributed by atoms with Crippen molar-refractivity contribution in [3.63, 3.8) is 0 Å². The highest BCUT2D eigenvalue weighted by molar-refractivity contribution is 9.10. The first kappa shape index (κ1) is 13.5. The van der Waals surface area contributed by atoms with Gasteiger partial charge in [0.1, 0.15) is 0 Å². The largest absolute Gasteiger partial charge is 0.492 e. The molecular weight excluding hydrogens is 271 g/mol. The molecular formula is C13H18BrFO. The maximum absolute atomic E-state index is 14.0. The molecule has 0 radical (unpaired) electrons. The lowest BCUT2D eigenvalue weighted by Gasteiger charge is -2.26. The average Bonchev–Trinajstić information content (AvgIpc) is 2.24. The van der Waals surface area contributed by atoms with E-state index in [0.717, 1.165) is 12.0 Å². The third kappa shape index (κ3) is 2.24. The second-order valence-corrected chi connectivity index (χ2v) is 5.47. The van der Waals surface area contributed by atoms with E-state index in [1.54, 1.807) is 6.92 Å². The van der Waals surface area contributed by atoms with Gasteiger partial charge in [-0.2, -0.15) is 0 Å². The molecule has 1 rings (SSSR count). The molecule has 1 nitrogen and oxygen atoms in total. The van der Waals surface area contributed by atoms with Crippen LogP contribution in [0, 0.1) is 12.7 Å². The minimum Gasteiger partial charge on any atom is -0.492 e. The number of halogens is 2. The minimum absolute atomic E-state index is 0.0281. The quantitative estimate of drug-likeness (QED) is 0.790. The standard InChI is InChI=1S/C13H18BrFO/c1-6-13(3,4)9-7-10(14)12(16-5)11(15)8(9)2/h7H,6H2,1-5H3. The lowest BCUT2D eigenvalue weighted by atomic mass is 9.80. The summed E-state index contributed by atoms with van der Waals surface area (Å²) in [7, 11) is 1.48. The van der Waals surface area contributed by atoms with E-state index in [-0.39, 0.29) is 17.0 Å². The van der Waals surface area contributed by atoms with Crippen LogP contribution < -0.4 is 4.74 Å². The second-order valence-electron chi connectivity index (χ2n) is 4.62. The smallest absolute Gasteiger partial charge is 0.169 e. The van der Waals surface area contributed by atoms with Crippen LogP contribution in [0.4, 0.5) is 4.39 Å². The maximum Gasteiger partial charge on any atom is 0.169 e. The van der Waals surface area contributed by atoms with E-state index in [1.807, 2.05) is 6.07 Å². The summed E-state index contributed by atoms with van der Waals surface area (Å²) >= 11 is 3.35. The Morgan fingerprint density at radius 1 is 1.44 bits per heavy atom. The van der Waals surface area contributed by atoms with Crippen molar-refractivity contribution in [3.8, 4) is 5.75 Å². The fourth-order valence-electron chi connectivity index (χ4n) is 1.77. The van der Waals surface area contributed by atoms with E-state index in [0.29, 0.717) is 10.0 Å². The highest BCUT2D eigenvalue weighted by Crippen LogP contribution is 2.38. The van der Waals surface area contributed by atoms with E-state index in [4.69, 9.17) is 4.74 Å². The number of hydrogen-bond donors (Lipinski definition) is 0. The van der Waals surface area contributed by atoms with Crippen molar-refractivity contribution in [2.75, 3.05) is 7.11 Å². The van der Waals surface area contributed by atoms with Crippen LogP contribution in [0.5, 0.6) is 5.75 Å². The Morgan fingerprint density at radius 3 is 2.44 bits per heavy atom. The van der Waals surface area contributed by atoms with Gasteiger partial charge in [0.15, 0.2) is 11.6 Å². The van der Waals surface area contributed by atoms with Gasteiger partial charge in [-0.05, 0) is 51.9 Å². The van der Waals surface area contributed by atoms with Crippen LogP contribution in [0.2, 0.25) is 0 Å². The van der Waals surface area contributed by atoms with Gasteiger partial charge in [0.05, 0.1) is 11.6 Å². The van der Waals surface area contributed by atoms with Gasteiger partial charge in [0, 0.05) is 0 Å². The van der Waals surface area contributed by atoms with Gasteiger partial charge >= 0.3 is 0 Å². The van der Waals surface area contributed by atoms with Crippen LogP contribution in [0.15, 0.2) is 10.5 Å². The van der Waals surface area contributed by atoms with Gasteiger partial charge in [-0.3, -0.25) is 0 Å². The SMILES string of the molecule is CCC(C)(C)c1cc(Br)c(OC)c(F)c1C. The van der Waals surface area contributed by atoms with Gasteiger partial charge < -0.3 is 4.74 Å². The van der Waals surface area contributed by atoms with Crippen molar-refractivity contribution in [2.45, 2.75) is 39.5 Å². The Bertz CT molecular complexity index is 399. The van der Waals surface area contributed by atoms with E-state index in [1.165, 1.54) is 7.11 Å². The van der Waals surface area contributed by atoms with Gasteiger partial charge in [0.2, 0.25) is 0 Å². The van der Waals surface area contributed by atoms with E-state index in [2.05, 4.69) is 36.7 Å². The van der Waals surface area contributed by atoms with Crippen molar-refractivity contribution in [2.24, 2.45) is 0 Å². The molecule has 0 aliphatic heterocycles. The second kappa shape index (κ2) is 4.74. The lowest BCUT2D eigenvalue weighted by molar-refractivity contribution is 0.379. The highest BCUT2D eigenvalue weighted by atomic mass is 79.9. The zero-order valence-corrected chi connectivity index (χ0v) is 12.0. The number of methoxy groups -OCH3 is 1. The fourth-order valence-corrected chi connectivity index (χ4v) is 2.34. The fraction of sp³-hybridized carbons (Fsp3) is 0.538. The number of benzene rings is 1. The van der Waals surface area contributed by atoms with E-state index < -0.39 is 0 Å². The van der Waals surface area contributed by atoms with Gasteiger partial charge in [-0.15, -0.1) is 0 Å². The van der Waals surface area contributed by atoms with E-state index >= 15 is 0 Å². The zero-order chi connectivity index (χ0) is 12.5. The van der Waals surface area contributed by atoms with Crippen molar-refractivity contribution < 1.29 is 9.13 Å². The number of rotatable bonds is 3. The first-order valence-electron chi connectivity index (χ1n) is 5.38. The molecule has 0 fully saturated rings. The Labute approximate surface area is 105 Å². The average molecular weight is 289 g/mol. The Balaban J connectivity index is 3.45. The van der Waals surface area contributed by atoms with Crippen molar-refractivity contribution >= 4 is 15.9 Å². The summed E-state index contributed by atoms with van der Waals surface area (Å²) in [6, 6.07) is 1.96. The summed E-state index contributed by atoms with van der Waals surface area (Å²) in [5, 5.41) is 0. The third-order valence-corrected chi connectivity index (χ3v) is 3.83. The molecule has 0 saturated heterocycles. The molecule has 0 atom stereocenters. The molecule has 90 valence electrons. The summed E-state index contributed by atoms with van der Waals surface area (Å²) in [4.78, 5) is 0. The number of ether oxygens (including phenoxy) is 1. The van der Waals surface area contributed by atoms with Crippen molar-refractivity contribution in [1.29, 1.82) is 0 Å². The molecule has 0 aromatic heterocycles. The van der Waals surface area contributed by atoms with Crippen LogP contribution in [-0.2, 0) is 5.41 Å². The summed E-state index contributed by atoms with van der Waals surface area (Å²) < 4.78 is 19.7. The van der Waals surface area contributed by atoms with Gasteiger partial charge in [-0.25, -0.2) is 4.39 Å². The van der Waals surface area contributed by atoms with Crippen molar-refractivity contribution in [1.82, 2.24) is 0 Å². The highest BCUT2D eigenvalue weighted by Gasteiger charge is 2.25. The predicted octanol–water partition coefficient (Wildman–Crippen LogP) is 4.59. The zero-order valence-electron chi connectivity index (χ0n) is 10.4. The summed E-state index contributed by atoms with van der Waals surface area (Å²) in [5.74, 6) is 0.0153. The molecule has 0 saturated carbocycles. The molecule has 0 aliphatic carbocycles. The summed E-state index contributed by atoms with van der Waals surface area (Å²) in [5.41, 5.74) is 1.67. The molecule has 0 N–H and O–H groups in total. The van der Waals surface area contributed by atoms with Crippen LogP contribution in [0.1, 0.15) is 38.3 Å².